The smallest absolute Gasteiger partial charge is 0.257 e. The van der Waals surface area contributed by atoms with Crippen molar-refractivity contribution >= 4 is 18.3 Å². The first-order chi connectivity index (χ1) is 9.78. The number of hydrogen-bond donors (Lipinski definition) is 1. The van der Waals surface area contributed by atoms with Crippen LogP contribution >= 0.6 is 12.4 Å². The molecule has 0 saturated heterocycles. The Kier molecular flexibility index (Phi) is 5.71. The highest BCUT2D eigenvalue weighted by Gasteiger charge is 2.32. The van der Waals surface area contributed by atoms with Crippen LogP contribution in [0.25, 0.3) is 0 Å². The number of nitrogens with two attached hydrogens (primary N) is 1. The highest BCUT2D eigenvalue weighted by atomic mass is 35.5. The van der Waals surface area contributed by atoms with E-state index in [2.05, 4.69) is 4.90 Å². The lowest BCUT2D eigenvalue weighted by molar-refractivity contribution is 0.0621. The van der Waals surface area contributed by atoms with E-state index in [4.69, 9.17) is 10.2 Å². The Hall–Kier alpha value is -1.00. The van der Waals surface area contributed by atoms with E-state index < -0.39 is 0 Å². The standard InChI is InChI=1S/C16H24N2O2.ClH/c17-9-15-8-13(11-20-15)16(19)18(10-12-6-7-12)14-4-2-1-3-5-14;/h8,11-12,14H,1-7,9-10,17H2;1H. The van der Waals surface area contributed by atoms with Gasteiger partial charge in [0.1, 0.15) is 12.0 Å². The molecule has 2 fully saturated rings. The highest BCUT2D eigenvalue weighted by Crippen LogP contribution is 2.33. The van der Waals surface area contributed by atoms with Crippen molar-refractivity contribution in [3.63, 3.8) is 0 Å². The van der Waals surface area contributed by atoms with E-state index in [9.17, 15) is 4.79 Å². The molecule has 0 radical (unpaired) electrons. The molecule has 3 rings (SSSR count). The Morgan fingerprint density at radius 2 is 1.95 bits per heavy atom. The van der Waals surface area contributed by atoms with Crippen molar-refractivity contribution in [1.29, 1.82) is 0 Å². The quantitative estimate of drug-likeness (QED) is 0.907. The third-order valence-corrected chi connectivity index (χ3v) is 4.53. The van der Waals surface area contributed by atoms with Crippen molar-refractivity contribution in [2.45, 2.75) is 57.5 Å². The first-order valence-corrected chi connectivity index (χ1v) is 7.86. The van der Waals surface area contributed by atoms with Crippen LogP contribution in [-0.4, -0.2) is 23.4 Å². The van der Waals surface area contributed by atoms with E-state index in [0.29, 0.717) is 23.9 Å². The lowest BCUT2D eigenvalue weighted by atomic mass is 9.93. The van der Waals surface area contributed by atoms with Gasteiger partial charge >= 0.3 is 0 Å². The molecule has 1 heterocycles. The Morgan fingerprint density at radius 1 is 1.24 bits per heavy atom. The summed E-state index contributed by atoms with van der Waals surface area (Å²) in [5.74, 6) is 1.54. The highest BCUT2D eigenvalue weighted by molar-refractivity contribution is 5.94. The van der Waals surface area contributed by atoms with Crippen LogP contribution in [0.2, 0.25) is 0 Å². The molecule has 2 saturated carbocycles. The molecular weight excluding hydrogens is 288 g/mol. The third-order valence-electron chi connectivity index (χ3n) is 4.53. The predicted molar refractivity (Wildman–Crippen MR) is 84.5 cm³/mol. The molecule has 118 valence electrons. The minimum Gasteiger partial charge on any atom is -0.467 e. The second-order valence-electron chi connectivity index (χ2n) is 6.20. The molecule has 1 aromatic rings. The Balaban J connectivity index is 0.00000161. The summed E-state index contributed by atoms with van der Waals surface area (Å²) in [5.41, 5.74) is 6.22. The number of halogens is 1. The van der Waals surface area contributed by atoms with Gasteiger partial charge in [0.25, 0.3) is 5.91 Å². The van der Waals surface area contributed by atoms with Crippen LogP contribution < -0.4 is 5.73 Å². The first kappa shape index (κ1) is 16.4. The number of carbonyl (C=O) groups excluding carboxylic acids is 1. The van der Waals surface area contributed by atoms with Gasteiger partial charge in [-0.25, -0.2) is 0 Å². The van der Waals surface area contributed by atoms with Gasteiger partial charge in [0.2, 0.25) is 0 Å². The molecule has 0 unspecified atom stereocenters. The van der Waals surface area contributed by atoms with E-state index >= 15 is 0 Å². The van der Waals surface area contributed by atoms with E-state index in [1.165, 1.54) is 32.1 Å². The van der Waals surface area contributed by atoms with Gasteiger partial charge in [0.15, 0.2) is 0 Å². The van der Waals surface area contributed by atoms with Gasteiger partial charge in [-0.1, -0.05) is 19.3 Å². The molecule has 0 aromatic carbocycles. The Morgan fingerprint density at radius 3 is 2.52 bits per heavy atom. The second kappa shape index (κ2) is 7.32. The Bertz CT molecular complexity index is 465. The number of nitrogens with zero attached hydrogens (tertiary/aromatic N) is 1. The van der Waals surface area contributed by atoms with Crippen molar-refractivity contribution in [3.05, 3.63) is 23.7 Å². The van der Waals surface area contributed by atoms with Crippen molar-refractivity contribution in [1.82, 2.24) is 4.90 Å². The molecule has 1 amide bonds. The molecule has 0 atom stereocenters. The van der Waals surface area contributed by atoms with Gasteiger partial charge in [-0.3, -0.25) is 4.79 Å². The van der Waals surface area contributed by atoms with Crippen molar-refractivity contribution in [2.75, 3.05) is 6.54 Å². The molecule has 2 aliphatic rings. The van der Waals surface area contributed by atoms with Crippen LogP contribution in [0.1, 0.15) is 61.1 Å². The van der Waals surface area contributed by atoms with Crippen LogP contribution in [0.5, 0.6) is 0 Å². The molecular formula is C16H25ClN2O2. The molecule has 1 aromatic heterocycles. The zero-order valence-electron chi connectivity index (χ0n) is 12.4. The average Bonchev–Trinajstić information content (AvgIpc) is 3.19. The minimum absolute atomic E-state index is 0. The molecule has 0 bridgehead atoms. The van der Waals surface area contributed by atoms with E-state index in [1.807, 2.05) is 0 Å². The van der Waals surface area contributed by atoms with Crippen LogP contribution in [-0.2, 0) is 6.54 Å². The van der Waals surface area contributed by atoms with Gasteiger partial charge in [-0.05, 0) is 37.7 Å². The van der Waals surface area contributed by atoms with E-state index in [1.54, 1.807) is 12.3 Å². The molecule has 4 nitrogen and oxygen atoms in total. The van der Waals surface area contributed by atoms with Crippen LogP contribution in [0, 0.1) is 5.92 Å². The molecule has 0 spiro atoms. The molecule has 5 heteroatoms. The average molecular weight is 313 g/mol. The molecule has 2 aliphatic carbocycles. The van der Waals surface area contributed by atoms with Gasteiger partial charge in [0, 0.05) is 12.6 Å². The fourth-order valence-corrected chi connectivity index (χ4v) is 3.13. The maximum absolute atomic E-state index is 12.8. The summed E-state index contributed by atoms with van der Waals surface area (Å²) in [6.07, 6.45) is 10.2. The zero-order valence-corrected chi connectivity index (χ0v) is 13.2. The van der Waals surface area contributed by atoms with Gasteiger partial charge < -0.3 is 15.1 Å². The van der Waals surface area contributed by atoms with E-state index in [0.717, 1.165) is 25.3 Å². The van der Waals surface area contributed by atoms with Crippen LogP contribution in [0.15, 0.2) is 16.7 Å². The summed E-state index contributed by atoms with van der Waals surface area (Å²) in [4.78, 5) is 14.9. The first-order valence-electron chi connectivity index (χ1n) is 7.86. The van der Waals surface area contributed by atoms with Crippen molar-refractivity contribution in [3.8, 4) is 0 Å². The fraction of sp³-hybridized carbons (Fsp3) is 0.688. The van der Waals surface area contributed by atoms with Gasteiger partial charge in [0.05, 0.1) is 12.1 Å². The zero-order chi connectivity index (χ0) is 13.9. The second-order valence-corrected chi connectivity index (χ2v) is 6.20. The summed E-state index contributed by atoms with van der Waals surface area (Å²) in [7, 11) is 0. The Labute approximate surface area is 132 Å². The lowest BCUT2D eigenvalue weighted by Gasteiger charge is -2.34. The summed E-state index contributed by atoms with van der Waals surface area (Å²) in [6, 6.07) is 2.22. The van der Waals surface area contributed by atoms with Gasteiger partial charge in [-0.15, -0.1) is 12.4 Å². The molecule has 2 N–H and O–H groups in total. The SMILES string of the molecule is Cl.NCc1cc(C(=O)N(CC2CC2)C2CCCCC2)co1. The monoisotopic (exact) mass is 312 g/mol. The van der Waals surface area contributed by atoms with E-state index in [-0.39, 0.29) is 18.3 Å². The number of amides is 1. The summed E-state index contributed by atoms with van der Waals surface area (Å²) < 4.78 is 5.32. The van der Waals surface area contributed by atoms with Crippen molar-refractivity contribution < 1.29 is 9.21 Å². The topological polar surface area (TPSA) is 59.5 Å². The minimum atomic E-state index is 0. The van der Waals surface area contributed by atoms with Crippen LogP contribution in [0.3, 0.4) is 0 Å². The van der Waals surface area contributed by atoms with Gasteiger partial charge in [-0.2, -0.15) is 0 Å². The lowest BCUT2D eigenvalue weighted by Crippen LogP contribution is -2.42. The predicted octanol–water partition coefficient (Wildman–Crippen LogP) is 3.35. The number of hydrogen-bond acceptors (Lipinski definition) is 3. The third kappa shape index (κ3) is 4.01. The summed E-state index contributed by atoms with van der Waals surface area (Å²) >= 11 is 0. The maximum atomic E-state index is 12.8. The number of furan rings is 1. The van der Waals surface area contributed by atoms with Crippen LogP contribution in [0.4, 0.5) is 0 Å². The largest absolute Gasteiger partial charge is 0.467 e. The normalized spacial score (nSPS) is 19.1. The molecule has 0 aliphatic heterocycles. The number of rotatable bonds is 5. The summed E-state index contributed by atoms with van der Waals surface area (Å²) in [6.45, 7) is 1.27. The number of carbonyl (C=O) groups is 1. The molecule has 21 heavy (non-hydrogen) atoms. The maximum Gasteiger partial charge on any atom is 0.257 e. The fourth-order valence-electron chi connectivity index (χ4n) is 3.13. The van der Waals surface area contributed by atoms with Crippen molar-refractivity contribution in [2.24, 2.45) is 11.7 Å². The summed E-state index contributed by atoms with van der Waals surface area (Å²) in [5, 5.41) is 0.